The first-order valence-corrected chi connectivity index (χ1v) is 13.6. The normalized spacial score (nSPS) is 28.3. The van der Waals surface area contributed by atoms with Gasteiger partial charge in [0.15, 0.2) is 5.60 Å². The van der Waals surface area contributed by atoms with Crippen molar-refractivity contribution >= 4 is 35.2 Å². The van der Waals surface area contributed by atoms with Gasteiger partial charge in [0.05, 0.1) is 12.8 Å². The molecule has 0 spiro atoms. The Balaban J connectivity index is 1.60. The van der Waals surface area contributed by atoms with Gasteiger partial charge in [-0.3, -0.25) is 14.4 Å². The van der Waals surface area contributed by atoms with E-state index in [1.165, 1.54) is 8.61 Å². The van der Waals surface area contributed by atoms with E-state index >= 15 is 0 Å². The second-order valence-electron chi connectivity index (χ2n) is 10.6. The van der Waals surface area contributed by atoms with Gasteiger partial charge in [-0.25, -0.2) is 0 Å². The highest BCUT2D eigenvalue weighted by Gasteiger charge is 2.55. The minimum atomic E-state index is -3.78. The van der Waals surface area contributed by atoms with Crippen molar-refractivity contribution in [2.75, 3.05) is 19.6 Å². The van der Waals surface area contributed by atoms with Crippen LogP contribution < -0.4 is 11.5 Å². The summed E-state index contributed by atoms with van der Waals surface area (Å²) in [4.78, 5) is 34.6. The molecule has 3 atom stereocenters. The van der Waals surface area contributed by atoms with Gasteiger partial charge in [-0.2, -0.15) is 17.0 Å². The van der Waals surface area contributed by atoms with Crippen molar-refractivity contribution in [3.8, 4) is 0 Å². The minimum Gasteiger partial charge on any atom is -0.507 e. The maximum Gasteiger partial charge on any atom is 0.528 e. The Morgan fingerprint density at radius 3 is 2.33 bits per heavy atom. The zero-order valence-electron chi connectivity index (χ0n) is 21.0. The highest BCUT2D eigenvalue weighted by molar-refractivity contribution is 7.86. The molecule has 3 rings (SSSR count). The van der Waals surface area contributed by atoms with Gasteiger partial charge in [0.25, 0.3) is 10.2 Å². The third-order valence-corrected chi connectivity index (χ3v) is 9.83. The lowest BCUT2D eigenvalue weighted by molar-refractivity contribution is -0.157. The molecule has 2 aliphatic heterocycles. The van der Waals surface area contributed by atoms with Crippen LogP contribution in [-0.4, -0.2) is 94.6 Å². The van der Waals surface area contributed by atoms with E-state index in [0.29, 0.717) is 19.4 Å². The number of carboxylic acid groups (broad SMARTS) is 2. The summed E-state index contributed by atoms with van der Waals surface area (Å²) in [6, 6.07) is -0.332. The predicted molar refractivity (Wildman–Crippen MR) is 129 cm³/mol. The molecule has 6 N–H and O–H groups in total. The van der Waals surface area contributed by atoms with Crippen molar-refractivity contribution in [3.63, 3.8) is 0 Å². The van der Waals surface area contributed by atoms with Crippen LogP contribution in [0.1, 0.15) is 59.3 Å². The highest BCUT2D eigenvalue weighted by atomic mass is 32.2. The summed E-state index contributed by atoms with van der Waals surface area (Å²) in [7, 11) is -4.87. The molecule has 0 aromatic carbocycles. The van der Waals surface area contributed by atoms with Crippen molar-refractivity contribution in [1.29, 1.82) is 0 Å². The van der Waals surface area contributed by atoms with E-state index in [0.717, 1.165) is 12.8 Å². The molecule has 13 nitrogen and oxygen atoms in total. The SMILES string of the molecule is CCN([C@H](C)C1(N)CC1)S(=O)(=O)N1C[C@H](CCCB2OC(=O)C(CC(=O)O)(CC(=O)O)O2)[C@@](C)(N)C1. The Morgan fingerprint density at radius 1 is 1.25 bits per heavy atom. The lowest BCUT2D eigenvalue weighted by Crippen LogP contribution is -2.55. The number of carbonyl (C=O) groups excluding carboxylic acids is 1. The Labute approximate surface area is 211 Å². The maximum atomic E-state index is 13.4. The molecule has 3 aliphatic rings. The molecule has 3 fully saturated rings. The van der Waals surface area contributed by atoms with Crippen LogP contribution in [-0.2, 0) is 33.9 Å². The van der Waals surface area contributed by atoms with Crippen LogP contribution in [0.25, 0.3) is 0 Å². The summed E-state index contributed by atoms with van der Waals surface area (Å²) in [5.41, 5.74) is 9.43. The number of rotatable bonds is 13. The molecule has 0 bridgehead atoms. The Morgan fingerprint density at radius 2 is 1.83 bits per heavy atom. The van der Waals surface area contributed by atoms with Crippen molar-refractivity contribution in [1.82, 2.24) is 8.61 Å². The lowest BCUT2D eigenvalue weighted by Gasteiger charge is -2.34. The van der Waals surface area contributed by atoms with Crippen LogP contribution in [0, 0.1) is 5.92 Å². The van der Waals surface area contributed by atoms with Crippen molar-refractivity contribution in [2.24, 2.45) is 17.4 Å². The van der Waals surface area contributed by atoms with Gasteiger partial charge in [0.1, 0.15) is 0 Å². The van der Waals surface area contributed by atoms with Gasteiger partial charge < -0.3 is 31.0 Å². The van der Waals surface area contributed by atoms with E-state index in [2.05, 4.69) is 0 Å². The predicted octanol–water partition coefficient (Wildman–Crippen LogP) is -0.388. The summed E-state index contributed by atoms with van der Waals surface area (Å²) in [5, 5.41) is 18.2. The van der Waals surface area contributed by atoms with Crippen molar-refractivity contribution < 1.29 is 42.3 Å². The Bertz CT molecular complexity index is 972. The molecular formula is C21H37BN4O9S. The average molecular weight is 532 g/mol. The lowest BCUT2D eigenvalue weighted by atomic mass is 9.78. The first kappa shape index (κ1) is 28.8. The topological polar surface area (TPSA) is 203 Å². The van der Waals surface area contributed by atoms with Crippen LogP contribution in [0.15, 0.2) is 0 Å². The summed E-state index contributed by atoms with van der Waals surface area (Å²) in [6.07, 6.45) is 1.07. The van der Waals surface area contributed by atoms with Crippen LogP contribution >= 0.6 is 0 Å². The molecule has 0 radical (unpaired) electrons. The summed E-state index contributed by atoms with van der Waals surface area (Å²) in [6.45, 7) is 6.09. The number of nitrogens with two attached hydrogens (primary N) is 2. The third-order valence-electron chi connectivity index (χ3n) is 7.73. The molecule has 1 aliphatic carbocycles. The van der Waals surface area contributed by atoms with Crippen molar-refractivity contribution in [2.45, 2.75) is 88.3 Å². The molecule has 204 valence electrons. The van der Waals surface area contributed by atoms with E-state index in [1.54, 1.807) is 13.8 Å². The second-order valence-corrected chi connectivity index (χ2v) is 12.5. The Hall–Kier alpha value is -1.78. The van der Waals surface area contributed by atoms with Crippen LogP contribution in [0.2, 0.25) is 6.32 Å². The number of hydrogen-bond donors (Lipinski definition) is 4. The van der Waals surface area contributed by atoms with Crippen LogP contribution in [0.4, 0.5) is 0 Å². The number of carbonyl (C=O) groups is 3. The molecule has 2 heterocycles. The summed E-state index contributed by atoms with van der Waals surface area (Å²) < 4.78 is 40.4. The molecule has 15 heteroatoms. The van der Waals surface area contributed by atoms with E-state index in [9.17, 15) is 22.8 Å². The standard InChI is InChI=1S/C21H37BN4O9S/c1-4-26(14(2)20(24)7-8-20)36(32,33)25-12-15(19(3,23)13-25)6-5-9-22-34-18(31)21(35-22,10-16(27)28)11-17(29)30/h14-15H,4-13,23-24H2,1-3H3,(H,27,28)(H,29,30)/t14-,15+,19+/m1/s1. The van der Waals surface area contributed by atoms with Gasteiger partial charge in [-0.05, 0) is 45.3 Å². The first-order chi connectivity index (χ1) is 16.6. The molecule has 36 heavy (non-hydrogen) atoms. The number of nitrogens with zero attached hydrogens (tertiary/aromatic N) is 2. The van der Waals surface area contributed by atoms with Crippen LogP contribution in [0.5, 0.6) is 0 Å². The van der Waals surface area contributed by atoms with Gasteiger partial charge in [-0.1, -0.05) is 13.3 Å². The molecule has 0 aromatic rings. The third kappa shape index (κ3) is 5.86. The average Bonchev–Trinajstić information content (AvgIpc) is 3.32. The van der Waals surface area contributed by atoms with Gasteiger partial charge in [0, 0.05) is 36.8 Å². The van der Waals surface area contributed by atoms with E-state index in [1.807, 2.05) is 6.92 Å². The zero-order valence-corrected chi connectivity index (χ0v) is 21.8. The zero-order chi connectivity index (χ0) is 27.1. The van der Waals surface area contributed by atoms with Gasteiger partial charge in [0.2, 0.25) is 0 Å². The van der Waals surface area contributed by atoms with Crippen LogP contribution in [0.3, 0.4) is 0 Å². The quantitative estimate of drug-likeness (QED) is 0.225. The monoisotopic (exact) mass is 532 g/mol. The maximum absolute atomic E-state index is 13.4. The van der Waals surface area contributed by atoms with E-state index in [-0.39, 0.29) is 31.4 Å². The fourth-order valence-corrected chi connectivity index (χ4v) is 7.28. The first-order valence-electron chi connectivity index (χ1n) is 12.2. The number of aliphatic carboxylic acids is 2. The number of carboxylic acids is 2. The highest BCUT2D eigenvalue weighted by Crippen LogP contribution is 2.40. The largest absolute Gasteiger partial charge is 0.528 e. The second kappa shape index (κ2) is 10.2. The van der Waals surface area contributed by atoms with Gasteiger partial charge in [-0.15, -0.1) is 0 Å². The smallest absolute Gasteiger partial charge is 0.507 e. The fourth-order valence-electron chi connectivity index (χ4n) is 5.24. The molecular weight excluding hydrogens is 495 g/mol. The fraction of sp³-hybridized carbons (Fsp3) is 0.857. The Kier molecular flexibility index (Phi) is 8.14. The number of hydrogen-bond acceptors (Lipinski definition) is 9. The minimum absolute atomic E-state index is 0.149. The van der Waals surface area contributed by atoms with Gasteiger partial charge >= 0.3 is 25.0 Å². The van der Waals surface area contributed by atoms with E-state index in [4.69, 9.17) is 31.0 Å². The molecule has 2 saturated heterocycles. The molecule has 0 aromatic heterocycles. The van der Waals surface area contributed by atoms with Crippen molar-refractivity contribution in [3.05, 3.63) is 0 Å². The summed E-state index contributed by atoms with van der Waals surface area (Å²) >= 11 is 0. The van der Waals surface area contributed by atoms with E-state index < -0.39 is 64.8 Å². The summed E-state index contributed by atoms with van der Waals surface area (Å²) in [5.74, 6) is -3.95. The molecule has 0 unspecified atom stereocenters. The number of likely N-dealkylation sites (N-methyl/N-ethyl adjacent to an activating group) is 1. The molecule has 0 amide bonds. The molecule has 1 saturated carbocycles.